The van der Waals surface area contributed by atoms with Crippen LogP contribution in [0.1, 0.15) is 28.7 Å². The standard InChI is InChI=1S/C17H18N2O3/c1-11-7-8-13(22-11)10-18-17(21)16-14-6-4-3-5-12(14)9-15(20)19(16)2/h3-8,16H,9-10H2,1-2H3,(H,18,21). The van der Waals surface area contributed by atoms with Gasteiger partial charge in [0.05, 0.1) is 13.0 Å². The molecule has 0 bridgehead atoms. The molecule has 22 heavy (non-hydrogen) atoms. The van der Waals surface area contributed by atoms with Crippen molar-refractivity contribution in [3.05, 3.63) is 59.0 Å². The molecule has 0 saturated carbocycles. The molecule has 1 N–H and O–H groups in total. The first-order valence-electron chi connectivity index (χ1n) is 7.23. The number of nitrogens with zero attached hydrogens (tertiary/aromatic N) is 1. The van der Waals surface area contributed by atoms with Crippen molar-refractivity contribution < 1.29 is 14.0 Å². The number of benzene rings is 1. The molecular formula is C17H18N2O3. The molecule has 2 aromatic rings. The fourth-order valence-corrected chi connectivity index (χ4v) is 2.77. The normalized spacial score (nSPS) is 17.3. The number of fused-ring (bicyclic) bond motifs is 1. The average Bonchev–Trinajstić information content (AvgIpc) is 2.92. The van der Waals surface area contributed by atoms with Gasteiger partial charge in [0.15, 0.2) is 0 Å². The van der Waals surface area contributed by atoms with Gasteiger partial charge in [-0.15, -0.1) is 0 Å². The van der Waals surface area contributed by atoms with Gasteiger partial charge in [0.2, 0.25) is 11.8 Å². The Balaban J connectivity index is 1.80. The van der Waals surface area contributed by atoms with Crippen LogP contribution in [0.15, 0.2) is 40.8 Å². The Morgan fingerprint density at radius 1 is 1.32 bits per heavy atom. The van der Waals surface area contributed by atoms with E-state index in [1.54, 1.807) is 7.05 Å². The second kappa shape index (κ2) is 5.67. The number of carbonyl (C=O) groups excluding carboxylic acids is 2. The van der Waals surface area contributed by atoms with E-state index in [2.05, 4.69) is 5.32 Å². The summed E-state index contributed by atoms with van der Waals surface area (Å²) in [7, 11) is 1.67. The van der Waals surface area contributed by atoms with E-state index < -0.39 is 6.04 Å². The van der Waals surface area contributed by atoms with Gasteiger partial charge in [-0.2, -0.15) is 0 Å². The van der Waals surface area contributed by atoms with Crippen LogP contribution in [0.3, 0.4) is 0 Å². The van der Waals surface area contributed by atoms with Crippen molar-refractivity contribution in [3.8, 4) is 0 Å². The fraction of sp³-hybridized carbons (Fsp3) is 0.294. The highest BCUT2D eigenvalue weighted by molar-refractivity contribution is 5.92. The topological polar surface area (TPSA) is 62.6 Å². The van der Waals surface area contributed by atoms with E-state index in [1.165, 1.54) is 4.90 Å². The van der Waals surface area contributed by atoms with E-state index in [1.807, 2.05) is 43.3 Å². The van der Waals surface area contributed by atoms with E-state index in [9.17, 15) is 9.59 Å². The summed E-state index contributed by atoms with van der Waals surface area (Å²) in [4.78, 5) is 26.1. The molecule has 0 radical (unpaired) electrons. The van der Waals surface area contributed by atoms with Crippen LogP contribution in [0, 0.1) is 6.92 Å². The van der Waals surface area contributed by atoms with Crippen molar-refractivity contribution in [2.75, 3.05) is 7.05 Å². The van der Waals surface area contributed by atoms with Gasteiger partial charge < -0.3 is 14.6 Å². The van der Waals surface area contributed by atoms with Gasteiger partial charge in [0.25, 0.3) is 0 Å². The number of rotatable bonds is 3. The second-order valence-corrected chi connectivity index (χ2v) is 5.51. The lowest BCUT2D eigenvalue weighted by Gasteiger charge is -2.33. The molecule has 5 nitrogen and oxygen atoms in total. The zero-order valence-electron chi connectivity index (χ0n) is 12.6. The van der Waals surface area contributed by atoms with Crippen LogP contribution in [0.25, 0.3) is 0 Å². The zero-order chi connectivity index (χ0) is 15.7. The van der Waals surface area contributed by atoms with Crippen molar-refractivity contribution in [2.45, 2.75) is 25.9 Å². The van der Waals surface area contributed by atoms with Crippen molar-refractivity contribution >= 4 is 11.8 Å². The molecule has 2 heterocycles. The quantitative estimate of drug-likeness (QED) is 0.942. The van der Waals surface area contributed by atoms with Gasteiger partial charge >= 0.3 is 0 Å². The molecule has 0 aliphatic carbocycles. The number of hydrogen-bond acceptors (Lipinski definition) is 3. The van der Waals surface area contributed by atoms with Gasteiger partial charge in [0, 0.05) is 7.05 Å². The van der Waals surface area contributed by atoms with Crippen LogP contribution in [-0.2, 0) is 22.6 Å². The summed E-state index contributed by atoms with van der Waals surface area (Å²) in [6, 6.07) is 10.7. The van der Waals surface area contributed by atoms with Crippen molar-refractivity contribution in [1.29, 1.82) is 0 Å². The van der Waals surface area contributed by atoms with Gasteiger partial charge in [-0.25, -0.2) is 0 Å². The van der Waals surface area contributed by atoms with Crippen LogP contribution in [0.5, 0.6) is 0 Å². The predicted molar refractivity (Wildman–Crippen MR) is 80.9 cm³/mol. The van der Waals surface area contributed by atoms with Crippen LogP contribution in [-0.4, -0.2) is 23.8 Å². The number of amides is 2. The molecule has 0 saturated heterocycles. The molecule has 1 aliphatic heterocycles. The molecule has 2 amide bonds. The third-order valence-corrected chi connectivity index (χ3v) is 3.95. The molecule has 0 fully saturated rings. The Morgan fingerprint density at radius 3 is 2.82 bits per heavy atom. The van der Waals surface area contributed by atoms with Crippen molar-refractivity contribution in [3.63, 3.8) is 0 Å². The van der Waals surface area contributed by atoms with Gasteiger partial charge in [-0.1, -0.05) is 24.3 Å². The Bertz CT molecular complexity index is 720. The second-order valence-electron chi connectivity index (χ2n) is 5.51. The minimum Gasteiger partial charge on any atom is -0.465 e. The molecule has 3 rings (SSSR count). The molecule has 1 atom stereocenters. The fourth-order valence-electron chi connectivity index (χ4n) is 2.77. The van der Waals surface area contributed by atoms with E-state index in [0.717, 1.165) is 16.9 Å². The lowest BCUT2D eigenvalue weighted by atomic mass is 9.92. The lowest BCUT2D eigenvalue weighted by molar-refractivity contribution is -0.140. The molecular weight excluding hydrogens is 280 g/mol. The number of nitrogens with one attached hydrogen (secondary N) is 1. The largest absolute Gasteiger partial charge is 0.465 e. The minimum atomic E-state index is -0.589. The summed E-state index contributed by atoms with van der Waals surface area (Å²) in [5.41, 5.74) is 1.80. The van der Waals surface area contributed by atoms with Crippen LogP contribution in [0.4, 0.5) is 0 Å². The predicted octanol–water partition coefficient (Wildman–Crippen LogP) is 1.96. The van der Waals surface area contributed by atoms with Crippen LogP contribution in [0.2, 0.25) is 0 Å². The van der Waals surface area contributed by atoms with Crippen molar-refractivity contribution in [2.24, 2.45) is 0 Å². The van der Waals surface area contributed by atoms with E-state index >= 15 is 0 Å². The smallest absolute Gasteiger partial charge is 0.247 e. The summed E-state index contributed by atoms with van der Waals surface area (Å²) >= 11 is 0. The summed E-state index contributed by atoms with van der Waals surface area (Å²) < 4.78 is 5.44. The summed E-state index contributed by atoms with van der Waals surface area (Å²) in [6.45, 7) is 2.17. The summed E-state index contributed by atoms with van der Waals surface area (Å²) in [5, 5.41) is 2.85. The third kappa shape index (κ3) is 2.62. The van der Waals surface area contributed by atoms with Crippen LogP contribution < -0.4 is 5.32 Å². The Morgan fingerprint density at radius 2 is 2.09 bits per heavy atom. The number of likely N-dealkylation sites (N-methyl/N-ethyl adjacent to an activating group) is 1. The first kappa shape index (κ1) is 14.4. The van der Waals surface area contributed by atoms with Gasteiger partial charge in [0.1, 0.15) is 17.6 Å². The maximum atomic E-state index is 12.6. The van der Waals surface area contributed by atoms with E-state index in [0.29, 0.717) is 18.7 Å². The zero-order valence-corrected chi connectivity index (χ0v) is 12.6. The molecule has 1 aromatic heterocycles. The highest BCUT2D eigenvalue weighted by Gasteiger charge is 2.34. The Labute approximate surface area is 128 Å². The Hall–Kier alpha value is -2.56. The van der Waals surface area contributed by atoms with E-state index in [4.69, 9.17) is 4.42 Å². The first-order chi connectivity index (χ1) is 10.6. The molecule has 114 valence electrons. The third-order valence-electron chi connectivity index (χ3n) is 3.95. The maximum absolute atomic E-state index is 12.6. The number of aryl methyl sites for hydroxylation is 1. The minimum absolute atomic E-state index is 0.0484. The lowest BCUT2D eigenvalue weighted by Crippen LogP contribution is -2.45. The summed E-state index contributed by atoms with van der Waals surface area (Å²) in [5.74, 6) is 1.26. The van der Waals surface area contributed by atoms with Crippen LogP contribution >= 0.6 is 0 Å². The molecule has 1 aliphatic rings. The first-order valence-corrected chi connectivity index (χ1v) is 7.23. The molecule has 0 spiro atoms. The van der Waals surface area contributed by atoms with Crippen molar-refractivity contribution in [1.82, 2.24) is 10.2 Å². The SMILES string of the molecule is Cc1ccc(CNC(=O)C2c3ccccc3CC(=O)N2C)o1. The highest BCUT2D eigenvalue weighted by Crippen LogP contribution is 2.29. The molecule has 1 aromatic carbocycles. The van der Waals surface area contributed by atoms with Gasteiger partial charge in [-0.05, 0) is 30.2 Å². The number of carbonyl (C=O) groups is 2. The number of hydrogen-bond donors (Lipinski definition) is 1. The van der Waals surface area contributed by atoms with Gasteiger partial charge in [-0.3, -0.25) is 9.59 Å². The van der Waals surface area contributed by atoms with E-state index in [-0.39, 0.29) is 11.8 Å². The average molecular weight is 298 g/mol. The monoisotopic (exact) mass is 298 g/mol. The molecule has 1 unspecified atom stereocenters. The highest BCUT2D eigenvalue weighted by atomic mass is 16.3. The Kier molecular flexibility index (Phi) is 3.71. The summed E-state index contributed by atoms with van der Waals surface area (Å²) in [6.07, 6.45) is 0.341. The number of furan rings is 1. The maximum Gasteiger partial charge on any atom is 0.247 e. The molecule has 5 heteroatoms.